The summed E-state index contributed by atoms with van der Waals surface area (Å²) in [6.45, 7) is 1.39. The van der Waals surface area contributed by atoms with E-state index in [1.807, 2.05) is 30.3 Å². The lowest BCUT2D eigenvalue weighted by Crippen LogP contribution is -2.54. The highest BCUT2D eigenvalue weighted by Gasteiger charge is 2.70. The first-order valence-electron chi connectivity index (χ1n) is 9.91. The van der Waals surface area contributed by atoms with Crippen molar-refractivity contribution in [3.63, 3.8) is 0 Å². The molecule has 4 atom stereocenters. The third-order valence-electron chi connectivity index (χ3n) is 6.90. The molecular formula is C21H19Cl2N3O2S. The first-order chi connectivity index (χ1) is 14.0. The summed E-state index contributed by atoms with van der Waals surface area (Å²) in [6.07, 6.45) is 2.35. The number of thiophene rings is 1. The minimum atomic E-state index is -0.913. The van der Waals surface area contributed by atoms with Crippen molar-refractivity contribution in [3.8, 4) is 0 Å². The summed E-state index contributed by atoms with van der Waals surface area (Å²) in [4.78, 5) is 30.0. The third-order valence-corrected chi connectivity index (χ3v) is 8.45. The average molecular weight is 448 g/mol. The molecule has 1 unspecified atom stereocenters. The van der Waals surface area contributed by atoms with Crippen molar-refractivity contribution in [2.24, 2.45) is 11.8 Å². The fourth-order valence-corrected chi connectivity index (χ4v) is 7.07. The van der Waals surface area contributed by atoms with Crippen LogP contribution in [0.5, 0.6) is 0 Å². The zero-order valence-corrected chi connectivity index (χ0v) is 17.8. The molecule has 4 heterocycles. The fourth-order valence-electron chi connectivity index (χ4n) is 5.62. The van der Waals surface area contributed by atoms with Gasteiger partial charge in [0.1, 0.15) is 5.54 Å². The van der Waals surface area contributed by atoms with Crippen LogP contribution in [0.2, 0.25) is 9.36 Å². The summed E-state index contributed by atoms with van der Waals surface area (Å²) >= 11 is 14.0. The van der Waals surface area contributed by atoms with Crippen LogP contribution in [-0.4, -0.2) is 35.8 Å². The quantitative estimate of drug-likeness (QED) is 0.751. The number of rotatable bonds is 3. The van der Waals surface area contributed by atoms with Gasteiger partial charge in [-0.15, -0.1) is 11.3 Å². The zero-order valence-electron chi connectivity index (χ0n) is 15.5. The lowest BCUT2D eigenvalue weighted by Gasteiger charge is -2.39. The Morgan fingerprint density at radius 2 is 2.00 bits per heavy atom. The summed E-state index contributed by atoms with van der Waals surface area (Å²) in [6, 6.07) is 9.42. The van der Waals surface area contributed by atoms with E-state index >= 15 is 0 Å². The van der Waals surface area contributed by atoms with E-state index in [0.29, 0.717) is 21.8 Å². The van der Waals surface area contributed by atoms with Crippen molar-refractivity contribution < 1.29 is 9.59 Å². The second kappa shape index (κ2) is 6.20. The van der Waals surface area contributed by atoms with E-state index in [9.17, 15) is 9.59 Å². The molecule has 1 saturated carbocycles. The molecule has 2 amide bonds. The molecule has 0 bridgehead atoms. The molecular weight excluding hydrogens is 429 g/mol. The van der Waals surface area contributed by atoms with E-state index < -0.39 is 5.54 Å². The molecule has 0 radical (unpaired) electrons. The van der Waals surface area contributed by atoms with E-state index in [1.165, 1.54) is 24.2 Å². The van der Waals surface area contributed by atoms with Gasteiger partial charge in [-0.05, 0) is 43.0 Å². The average Bonchev–Trinajstić information content (AvgIpc) is 3.02. The molecule has 2 aromatic rings. The number of carbonyl (C=O) groups is 2. The Bertz CT molecular complexity index is 1050. The van der Waals surface area contributed by atoms with Crippen molar-refractivity contribution in [2.45, 2.75) is 30.3 Å². The number of benzene rings is 1. The number of anilines is 1. The lowest BCUT2D eigenvalue weighted by molar-refractivity contribution is -0.128. The van der Waals surface area contributed by atoms with Gasteiger partial charge >= 0.3 is 0 Å². The van der Waals surface area contributed by atoms with Gasteiger partial charge in [0, 0.05) is 46.2 Å². The van der Waals surface area contributed by atoms with Gasteiger partial charge in [-0.3, -0.25) is 14.5 Å². The van der Waals surface area contributed by atoms with Gasteiger partial charge in [0.05, 0.1) is 10.3 Å². The second-order valence-electron chi connectivity index (χ2n) is 8.46. The summed E-state index contributed by atoms with van der Waals surface area (Å²) in [7, 11) is 0. The highest BCUT2D eigenvalue weighted by atomic mass is 35.5. The number of carbonyl (C=O) groups excluding carboxylic acids is 2. The Labute approximate surface area is 182 Å². The number of fused-ring (bicyclic) bond motifs is 3. The first kappa shape index (κ1) is 18.2. The van der Waals surface area contributed by atoms with Crippen LogP contribution in [0, 0.1) is 11.8 Å². The number of hydrogen-bond donors (Lipinski definition) is 2. The minimum absolute atomic E-state index is 0.0126. The summed E-state index contributed by atoms with van der Waals surface area (Å²) in [5, 5.41) is 6.71. The van der Waals surface area contributed by atoms with Gasteiger partial charge in [0.2, 0.25) is 11.8 Å². The maximum absolute atomic E-state index is 13.8. The molecule has 3 aliphatic heterocycles. The highest BCUT2D eigenvalue weighted by Crippen LogP contribution is 2.61. The number of hydrogen-bond acceptors (Lipinski definition) is 4. The normalized spacial score (nSPS) is 33.1. The molecule has 29 heavy (non-hydrogen) atoms. The second-order valence-corrected chi connectivity index (χ2v) is 10.6. The zero-order chi connectivity index (χ0) is 19.9. The van der Waals surface area contributed by atoms with Crippen LogP contribution < -0.4 is 10.6 Å². The summed E-state index contributed by atoms with van der Waals surface area (Å²) in [5.74, 6) is -0.0212. The molecule has 3 fully saturated rings. The topological polar surface area (TPSA) is 61.4 Å². The maximum Gasteiger partial charge on any atom is 0.250 e. The predicted molar refractivity (Wildman–Crippen MR) is 114 cm³/mol. The van der Waals surface area contributed by atoms with Crippen LogP contribution in [0.25, 0.3) is 0 Å². The molecule has 1 aliphatic carbocycles. The van der Waals surface area contributed by atoms with Crippen molar-refractivity contribution >= 4 is 52.0 Å². The Hall–Kier alpha value is -1.60. The lowest BCUT2D eigenvalue weighted by atomic mass is 9.74. The van der Waals surface area contributed by atoms with E-state index in [0.717, 1.165) is 22.7 Å². The van der Waals surface area contributed by atoms with Gasteiger partial charge in [0.15, 0.2) is 0 Å². The van der Waals surface area contributed by atoms with Crippen molar-refractivity contribution in [2.75, 3.05) is 18.4 Å². The highest BCUT2D eigenvalue weighted by molar-refractivity contribution is 7.16. The number of halogens is 2. The van der Waals surface area contributed by atoms with Gasteiger partial charge in [-0.1, -0.05) is 29.3 Å². The molecule has 1 aromatic heterocycles. The van der Waals surface area contributed by atoms with Crippen LogP contribution in [0.1, 0.15) is 29.2 Å². The standard InChI is InChI=1S/C21H19Cl2N3O2S/c22-11-3-4-12-13(7-11)25-20(28)21(12)18(15-5-6-16(23)29-15)17-14(8-24-19(17)27)26(21)9-10-1-2-10/h3-7,10,14,17-18H,1-2,8-9H2,(H,24,27)(H,25,28)/t14-,17+,18?,21-/m1/s1. The molecule has 150 valence electrons. The van der Waals surface area contributed by atoms with Crippen molar-refractivity contribution in [1.29, 1.82) is 0 Å². The van der Waals surface area contributed by atoms with Crippen LogP contribution in [-0.2, 0) is 15.1 Å². The summed E-state index contributed by atoms with van der Waals surface area (Å²) < 4.78 is 0.667. The molecule has 8 heteroatoms. The Balaban J connectivity index is 1.62. The number of amides is 2. The number of nitrogens with one attached hydrogen (secondary N) is 2. The SMILES string of the molecule is O=C1NC[C@@H]2[C@H]1C(c1ccc(Cl)s1)[C@]1(C(=O)Nc3cc(Cl)ccc31)N2CC1CC1. The number of nitrogens with zero attached hydrogens (tertiary/aromatic N) is 1. The molecule has 5 nitrogen and oxygen atoms in total. The predicted octanol–water partition coefficient (Wildman–Crippen LogP) is 3.83. The monoisotopic (exact) mass is 447 g/mol. The third kappa shape index (κ3) is 2.43. The largest absolute Gasteiger partial charge is 0.354 e. The van der Waals surface area contributed by atoms with Crippen molar-refractivity contribution in [1.82, 2.24) is 10.2 Å². The molecule has 1 aromatic carbocycles. The minimum Gasteiger partial charge on any atom is -0.354 e. The van der Waals surface area contributed by atoms with Crippen molar-refractivity contribution in [3.05, 3.63) is 50.1 Å². The molecule has 1 spiro atoms. The van der Waals surface area contributed by atoms with Gasteiger partial charge in [0.25, 0.3) is 0 Å². The first-order valence-corrected chi connectivity index (χ1v) is 11.5. The Morgan fingerprint density at radius 1 is 1.17 bits per heavy atom. The van der Waals surface area contributed by atoms with Crippen LogP contribution >= 0.6 is 34.5 Å². The smallest absolute Gasteiger partial charge is 0.250 e. The van der Waals surface area contributed by atoms with E-state index in [-0.39, 0.29) is 29.7 Å². The Kier molecular flexibility index (Phi) is 3.89. The van der Waals surface area contributed by atoms with Crippen LogP contribution in [0.4, 0.5) is 5.69 Å². The summed E-state index contributed by atoms with van der Waals surface area (Å²) in [5.41, 5.74) is 0.754. The van der Waals surface area contributed by atoms with Crippen LogP contribution in [0.15, 0.2) is 30.3 Å². The van der Waals surface area contributed by atoms with Gasteiger partial charge in [-0.25, -0.2) is 0 Å². The fraction of sp³-hybridized carbons (Fsp3) is 0.429. The maximum atomic E-state index is 13.8. The molecule has 6 rings (SSSR count). The Morgan fingerprint density at radius 3 is 2.72 bits per heavy atom. The van der Waals surface area contributed by atoms with E-state index in [2.05, 4.69) is 15.5 Å². The molecule has 2 N–H and O–H groups in total. The van der Waals surface area contributed by atoms with Gasteiger partial charge < -0.3 is 10.6 Å². The number of likely N-dealkylation sites (tertiary alicyclic amines) is 1. The van der Waals surface area contributed by atoms with Gasteiger partial charge in [-0.2, -0.15) is 0 Å². The molecule has 4 aliphatic rings. The van der Waals surface area contributed by atoms with E-state index in [4.69, 9.17) is 23.2 Å². The van der Waals surface area contributed by atoms with Crippen LogP contribution in [0.3, 0.4) is 0 Å². The molecule has 2 saturated heterocycles. The van der Waals surface area contributed by atoms with E-state index in [1.54, 1.807) is 0 Å².